The van der Waals surface area contributed by atoms with Crippen molar-refractivity contribution in [2.75, 3.05) is 23.1 Å². The summed E-state index contributed by atoms with van der Waals surface area (Å²) >= 11 is 15.3. The third-order valence-corrected chi connectivity index (χ3v) is 14.5. The Bertz CT molecular complexity index is 2660. The van der Waals surface area contributed by atoms with Crippen LogP contribution in [0.5, 0.6) is 23.0 Å². The topological polar surface area (TPSA) is 168 Å². The van der Waals surface area contributed by atoms with Gasteiger partial charge in [-0.25, -0.2) is 9.97 Å². The maximum atomic E-state index is 7.67. The van der Waals surface area contributed by atoms with Crippen LogP contribution in [0.25, 0.3) is 22.5 Å². The number of nitrogens with two attached hydrogens (primary N) is 2. The third-order valence-electron chi connectivity index (χ3n) is 8.10. The fourth-order valence-corrected chi connectivity index (χ4v) is 10.4. The van der Waals surface area contributed by atoms with Crippen LogP contribution in [0.2, 0.25) is 5.02 Å². The van der Waals surface area contributed by atoms with E-state index in [4.69, 9.17) is 53.3 Å². The van der Waals surface area contributed by atoms with Crippen molar-refractivity contribution >= 4 is 114 Å². The second-order valence-corrected chi connectivity index (χ2v) is 18.6. The number of benzene rings is 4. The molecular weight excluding hydrogens is 876 g/mol. The molecule has 0 fully saturated rings. The van der Waals surface area contributed by atoms with Gasteiger partial charge in [-0.1, -0.05) is 29.8 Å². The third kappa shape index (κ3) is 11.0. The van der Waals surface area contributed by atoms with Crippen molar-refractivity contribution in [3.05, 3.63) is 141 Å². The monoisotopic (exact) mass is 910 g/mol. The van der Waals surface area contributed by atoms with Gasteiger partial charge in [0.2, 0.25) is 0 Å². The first kappa shape index (κ1) is 41.8. The Morgan fingerprint density at radius 2 is 0.983 bits per heavy atom. The molecule has 59 heavy (non-hydrogen) atoms. The van der Waals surface area contributed by atoms with Crippen LogP contribution in [0.15, 0.2) is 134 Å². The average molecular weight is 912 g/mol. The van der Waals surface area contributed by atoms with E-state index in [-0.39, 0.29) is 11.7 Å². The van der Waals surface area contributed by atoms with Gasteiger partial charge in [0.25, 0.3) is 0 Å². The van der Waals surface area contributed by atoms with Crippen molar-refractivity contribution < 1.29 is 9.47 Å². The van der Waals surface area contributed by atoms with Crippen LogP contribution in [0.4, 0.5) is 21.6 Å². The zero-order valence-electron chi connectivity index (χ0n) is 31.3. The minimum absolute atomic E-state index is 0.0797. The molecule has 0 aliphatic heterocycles. The van der Waals surface area contributed by atoms with E-state index in [1.54, 1.807) is 35.7 Å². The summed E-state index contributed by atoms with van der Waals surface area (Å²) in [6, 6.07) is 36.3. The summed E-state index contributed by atoms with van der Waals surface area (Å²) < 4.78 is 13.8. The van der Waals surface area contributed by atoms with Gasteiger partial charge in [0.1, 0.15) is 34.7 Å². The molecule has 8 aromatic rings. The molecule has 0 unspecified atom stereocenters. The summed E-state index contributed by atoms with van der Waals surface area (Å²) in [7, 11) is 0. The molecule has 8 N–H and O–H groups in total. The summed E-state index contributed by atoms with van der Waals surface area (Å²) in [5, 5.41) is 28.3. The number of amidine groups is 2. The first-order chi connectivity index (χ1) is 28.6. The van der Waals surface area contributed by atoms with E-state index >= 15 is 0 Å². The van der Waals surface area contributed by atoms with E-state index in [9.17, 15) is 0 Å². The predicted octanol–water partition coefficient (Wildman–Crippen LogP) is 13.5. The second-order valence-electron chi connectivity index (χ2n) is 12.2. The molecule has 0 amide bonds. The number of nitrogens with one attached hydrogen (secondary N) is 4. The van der Waals surface area contributed by atoms with Crippen molar-refractivity contribution in [1.82, 2.24) is 9.97 Å². The summed E-state index contributed by atoms with van der Waals surface area (Å²) in [6.07, 6.45) is 4.03. The Labute approximate surface area is 370 Å². The highest BCUT2D eigenvalue weighted by Gasteiger charge is 2.17. The van der Waals surface area contributed by atoms with Crippen LogP contribution in [-0.2, 0) is 0 Å². The number of thioether (sulfide) groups is 2. The minimum atomic E-state index is 0.0797. The van der Waals surface area contributed by atoms with E-state index in [0.717, 1.165) is 85.3 Å². The molecule has 0 aliphatic rings. The van der Waals surface area contributed by atoms with Crippen molar-refractivity contribution in [3.63, 3.8) is 0 Å². The first-order valence-corrected chi connectivity index (χ1v) is 23.7. The Morgan fingerprint density at radius 1 is 0.593 bits per heavy atom. The lowest BCUT2D eigenvalue weighted by Crippen LogP contribution is -2.08. The molecule has 17 heteroatoms. The summed E-state index contributed by atoms with van der Waals surface area (Å²) in [6.45, 7) is 0. The number of hydrogen-bond acceptors (Lipinski definition) is 14. The molecule has 0 spiro atoms. The van der Waals surface area contributed by atoms with Gasteiger partial charge in [0, 0.05) is 38.3 Å². The maximum Gasteiger partial charge on any atom is 0.187 e. The molecule has 0 bridgehead atoms. The summed E-state index contributed by atoms with van der Waals surface area (Å²) in [5.74, 6) is 3.22. The highest BCUT2D eigenvalue weighted by atomic mass is 35.5. The number of halogens is 1. The molecular formula is C42H35ClN8O2S6. The Morgan fingerprint density at radius 3 is 1.37 bits per heavy atom. The van der Waals surface area contributed by atoms with Gasteiger partial charge in [-0.05, 0) is 110 Å². The first-order valence-electron chi connectivity index (χ1n) is 17.5. The number of nitrogen functional groups attached to an aromatic ring is 2. The quantitative estimate of drug-likeness (QED) is 0.0351. The van der Waals surface area contributed by atoms with Crippen LogP contribution >= 0.6 is 80.5 Å². The molecule has 4 aromatic carbocycles. The zero-order valence-corrected chi connectivity index (χ0v) is 37.0. The highest BCUT2D eigenvalue weighted by molar-refractivity contribution is 8.00. The molecule has 298 valence electrons. The number of para-hydroxylation sites is 1. The summed E-state index contributed by atoms with van der Waals surface area (Å²) in [4.78, 5) is 10.9. The standard InChI is InChI=1S/C21H17ClN4OS3.C21H18N4OS3/c1-28-20-16(10-18(30-20)19(23)24)17-11-29-21(26-17)25-13-4-8-15(9-5-13)27-14-6-2-12(22)3-7-14;1-27-20-16(11-18(29-20)19(22)23)17-12-28-21(25-17)24-13-7-9-15(10-8-13)26-14-5-3-2-4-6-14/h2-11H,1H3,(H3,23,24)(H,25,26);2-12H,1H3,(H3,22,23)(H,24,25). The second kappa shape index (κ2) is 19.6. The number of thiophene rings is 2. The number of thiazole rings is 2. The van der Waals surface area contributed by atoms with Gasteiger partial charge in [0.15, 0.2) is 10.3 Å². The zero-order chi connectivity index (χ0) is 41.3. The summed E-state index contributed by atoms with van der Waals surface area (Å²) in [5.41, 5.74) is 16.9. The molecule has 0 atom stereocenters. The fraction of sp³-hybridized carbons (Fsp3) is 0.0476. The van der Waals surface area contributed by atoms with E-state index < -0.39 is 0 Å². The van der Waals surface area contributed by atoms with E-state index in [0.29, 0.717) is 5.02 Å². The predicted molar refractivity (Wildman–Crippen MR) is 254 cm³/mol. The van der Waals surface area contributed by atoms with Gasteiger partial charge in [0.05, 0.1) is 29.6 Å². The van der Waals surface area contributed by atoms with Crippen LogP contribution < -0.4 is 31.6 Å². The number of hydrogen-bond donors (Lipinski definition) is 6. The van der Waals surface area contributed by atoms with Crippen molar-refractivity contribution in [1.29, 1.82) is 10.8 Å². The van der Waals surface area contributed by atoms with Crippen LogP contribution in [0.1, 0.15) is 9.75 Å². The van der Waals surface area contributed by atoms with Gasteiger partial charge < -0.3 is 31.6 Å². The number of ether oxygens (including phenoxy) is 2. The molecule has 4 aromatic heterocycles. The van der Waals surface area contributed by atoms with Crippen molar-refractivity contribution in [3.8, 4) is 45.5 Å². The van der Waals surface area contributed by atoms with Crippen molar-refractivity contribution in [2.45, 2.75) is 8.42 Å². The molecule has 0 saturated carbocycles. The Balaban J connectivity index is 0.000000179. The van der Waals surface area contributed by atoms with Gasteiger partial charge in [-0.2, -0.15) is 0 Å². The lowest BCUT2D eigenvalue weighted by molar-refractivity contribution is 0.482. The number of aromatic nitrogens is 2. The molecule has 8 rings (SSSR count). The van der Waals surface area contributed by atoms with Crippen LogP contribution in [0.3, 0.4) is 0 Å². The van der Waals surface area contributed by atoms with E-state index in [1.807, 2.05) is 126 Å². The molecule has 0 radical (unpaired) electrons. The molecule has 10 nitrogen and oxygen atoms in total. The number of nitrogens with zero attached hydrogens (tertiary/aromatic N) is 2. The Hall–Kier alpha value is -5.33. The molecule has 0 saturated heterocycles. The highest BCUT2D eigenvalue weighted by Crippen LogP contribution is 2.41. The van der Waals surface area contributed by atoms with Crippen LogP contribution in [-0.4, -0.2) is 34.2 Å². The van der Waals surface area contributed by atoms with Gasteiger partial charge in [-0.3, -0.25) is 10.8 Å². The van der Waals surface area contributed by atoms with E-state index in [1.165, 1.54) is 45.3 Å². The number of anilines is 4. The van der Waals surface area contributed by atoms with E-state index in [2.05, 4.69) is 10.6 Å². The van der Waals surface area contributed by atoms with Crippen LogP contribution in [0, 0.1) is 10.8 Å². The number of rotatable bonds is 14. The fourth-order valence-electron chi connectivity index (χ4n) is 5.31. The lowest BCUT2D eigenvalue weighted by atomic mass is 10.2. The maximum absolute atomic E-state index is 7.67. The Kier molecular flexibility index (Phi) is 13.9. The lowest BCUT2D eigenvalue weighted by Gasteiger charge is -2.07. The smallest absolute Gasteiger partial charge is 0.187 e. The van der Waals surface area contributed by atoms with Gasteiger partial charge >= 0.3 is 0 Å². The largest absolute Gasteiger partial charge is 0.457 e. The molecule has 0 aliphatic carbocycles. The van der Waals surface area contributed by atoms with Crippen molar-refractivity contribution in [2.24, 2.45) is 11.5 Å². The minimum Gasteiger partial charge on any atom is -0.457 e. The average Bonchev–Trinajstić information content (AvgIpc) is 4.07. The molecule has 4 heterocycles. The SMILES string of the molecule is CSc1sc(C(=N)N)cc1-c1csc(Nc2ccc(Oc3ccc(Cl)cc3)cc2)n1.CSc1sc(C(=N)N)cc1-c1csc(Nc2ccc(Oc3ccccc3)cc2)n1. The normalized spacial score (nSPS) is 10.7. The van der Waals surface area contributed by atoms with Gasteiger partial charge in [-0.15, -0.1) is 68.9 Å².